The Labute approximate surface area is 110 Å². The van der Waals surface area contributed by atoms with E-state index in [4.69, 9.17) is 9.63 Å². The molecule has 0 bridgehead atoms. The summed E-state index contributed by atoms with van der Waals surface area (Å²) in [5.41, 5.74) is 0. The molecule has 1 saturated heterocycles. The maximum atomic E-state index is 11.4. The summed E-state index contributed by atoms with van der Waals surface area (Å²) in [5, 5.41) is 12.5. The minimum Gasteiger partial charge on any atom is -0.481 e. The average Bonchev–Trinajstić information content (AvgIpc) is 2.83. The van der Waals surface area contributed by atoms with Gasteiger partial charge in [-0.1, -0.05) is 12.1 Å². The Morgan fingerprint density at radius 2 is 2.32 bits per heavy atom. The van der Waals surface area contributed by atoms with Crippen molar-refractivity contribution in [1.29, 1.82) is 0 Å². The van der Waals surface area contributed by atoms with Gasteiger partial charge in [0.05, 0.1) is 11.5 Å². The highest BCUT2D eigenvalue weighted by Crippen LogP contribution is 2.27. The Bertz CT molecular complexity index is 565. The molecule has 2 heterocycles. The number of carboxylic acids is 1. The Balaban J connectivity index is 1.98. The van der Waals surface area contributed by atoms with Gasteiger partial charge in [0.2, 0.25) is 5.89 Å². The van der Waals surface area contributed by atoms with Gasteiger partial charge in [0, 0.05) is 18.8 Å². The van der Waals surface area contributed by atoms with Gasteiger partial charge in [-0.25, -0.2) is 8.42 Å². The van der Waals surface area contributed by atoms with Gasteiger partial charge in [0.15, 0.2) is 15.7 Å². The average molecular weight is 288 g/mol. The molecule has 8 heteroatoms. The summed E-state index contributed by atoms with van der Waals surface area (Å²) < 4.78 is 27.8. The summed E-state index contributed by atoms with van der Waals surface area (Å²) in [6.07, 6.45) is 0.945. The fourth-order valence-corrected chi connectivity index (χ4v) is 3.92. The minimum absolute atomic E-state index is 0.0372. The van der Waals surface area contributed by atoms with E-state index in [0.29, 0.717) is 24.6 Å². The lowest BCUT2D eigenvalue weighted by atomic mass is 10.0. The first-order valence-corrected chi connectivity index (χ1v) is 7.92. The molecule has 1 fully saturated rings. The molecule has 1 aliphatic rings. The van der Waals surface area contributed by atoms with Gasteiger partial charge < -0.3 is 9.63 Å². The summed E-state index contributed by atoms with van der Waals surface area (Å²) in [4.78, 5) is 14.7. The maximum Gasteiger partial charge on any atom is 0.303 e. The fourth-order valence-electron chi connectivity index (χ4n) is 2.18. The van der Waals surface area contributed by atoms with Crippen molar-refractivity contribution in [2.75, 3.05) is 11.5 Å². The summed E-state index contributed by atoms with van der Waals surface area (Å²) in [5.74, 6) is -0.149. The zero-order valence-electron chi connectivity index (χ0n) is 10.6. The molecule has 2 unspecified atom stereocenters. The highest BCUT2D eigenvalue weighted by Gasteiger charge is 2.32. The van der Waals surface area contributed by atoms with Gasteiger partial charge >= 0.3 is 5.97 Å². The number of aliphatic carboxylic acids is 1. The quantitative estimate of drug-likeness (QED) is 0.845. The molecular weight excluding hydrogens is 272 g/mol. The molecule has 106 valence electrons. The van der Waals surface area contributed by atoms with Gasteiger partial charge in [-0.15, -0.1) is 0 Å². The van der Waals surface area contributed by atoms with E-state index in [1.807, 2.05) is 0 Å². The predicted molar refractivity (Wildman–Crippen MR) is 65.4 cm³/mol. The predicted octanol–water partition coefficient (Wildman–Crippen LogP) is 0.625. The van der Waals surface area contributed by atoms with Crippen molar-refractivity contribution >= 4 is 15.8 Å². The van der Waals surface area contributed by atoms with E-state index < -0.39 is 15.8 Å². The van der Waals surface area contributed by atoms with Crippen molar-refractivity contribution in [3.63, 3.8) is 0 Å². The Kier molecular flexibility index (Phi) is 3.88. The minimum atomic E-state index is -2.97. The second-order valence-corrected chi connectivity index (χ2v) is 7.28. The number of carbonyl (C=O) groups is 1. The largest absolute Gasteiger partial charge is 0.481 e. The molecule has 2 rings (SSSR count). The zero-order valence-corrected chi connectivity index (χ0v) is 11.4. The van der Waals surface area contributed by atoms with Crippen molar-refractivity contribution in [1.82, 2.24) is 10.1 Å². The Hall–Kier alpha value is -1.44. The lowest BCUT2D eigenvalue weighted by Gasteiger charge is -2.03. The van der Waals surface area contributed by atoms with Gasteiger partial charge in [-0.3, -0.25) is 4.79 Å². The fraction of sp³-hybridized carbons (Fsp3) is 0.727. The van der Waals surface area contributed by atoms with Crippen LogP contribution in [0.1, 0.15) is 37.4 Å². The van der Waals surface area contributed by atoms with Crippen LogP contribution in [0.25, 0.3) is 0 Å². The molecule has 0 saturated carbocycles. The standard InChI is InChI=1S/C11H16N2O5S/c1-7(5-10(14)15)4-9-12-11(13-18-9)8-2-3-19(16,17)6-8/h7-8H,2-6H2,1H3,(H,14,15). The molecule has 0 spiro atoms. The lowest BCUT2D eigenvalue weighted by Crippen LogP contribution is -2.08. The second-order valence-electron chi connectivity index (χ2n) is 5.05. The van der Waals surface area contributed by atoms with Crippen LogP contribution in [0.4, 0.5) is 0 Å². The number of hydrogen-bond donors (Lipinski definition) is 1. The van der Waals surface area contributed by atoms with Crippen molar-refractivity contribution < 1.29 is 22.8 Å². The summed E-state index contributed by atoms with van der Waals surface area (Å²) in [6, 6.07) is 0. The number of carboxylic acid groups (broad SMARTS) is 1. The van der Waals surface area contributed by atoms with E-state index in [1.54, 1.807) is 6.92 Å². The van der Waals surface area contributed by atoms with Crippen LogP contribution >= 0.6 is 0 Å². The first-order valence-electron chi connectivity index (χ1n) is 6.10. The van der Waals surface area contributed by atoms with Crippen molar-refractivity contribution in [2.24, 2.45) is 5.92 Å². The molecule has 1 N–H and O–H groups in total. The molecule has 0 aromatic carbocycles. The summed E-state index contributed by atoms with van der Waals surface area (Å²) in [6.45, 7) is 1.79. The SMILES string of the molecule is CC(CC(=O)O)Cc1nc(C2CCS(=O)(=O)C2)no1. The number of nitrogens with zero attached hydrogens (tertiary/aromatic N) is 2. The lowest BCUT2D eigenvalue weighted by molar-refractivity contribution is -0.137. The Morgan fingerprint density at radius 3 is 2.89 bits per heavy atom. The third-order valence-corrected chi connectivity index (χ3v) is 4.90. The number of sulfone groups is 1. The van der Waals surface area contributed by atoms with Crippen LogP contribution in [-0.2, 0) is 21.1 Å². The first-order chi connectivity index (χ1) is 8.85. The van der Waals surface area contributed by atoms with Gasteiger partial charge in [-0.2, -0.15) is 4.98 Å². The molecular formula is C11H16N2O5S. The normalized spacial score (nSPS) is 23.3. The first kappa shape index (κ1) is 14.0. The molecule has 7 nitrogen and oxygen atoms in total. The van der Waals surface area contributed by atoms with E-state index in [0.717, 1.165) is 0 Å². The van der Waals surface area contributed by atoms with E-state index in [-0.39, 0.29) is 29.8 Å². The van der Waals surface area contributed by atoms with E-state index >= 15 is 0 Å². The van der Waals surface area contributed by atoms with Crippen LogP contribution in [0, 0.1) is 5.92 Å². The maximum absolute atomic E-state index is 11.4. The Morgan fingerprint density at radius 1 is 1.58 bits per heavy atom. The van der Waals surface area contributed by atoms with Crippen LogP contribution in [-0.4, -0.2) is 41.1 Å². The van der Waals surface area contributed by atoms with Gasteiger partial charge in [0.25, 0.3) is 0 Å². The molecule has 0 radical (unpaired) electrons. The summed E-state index contributed by atoms with van der Waals surface area (Å²) in [7, 11) is -2.97. The topological polar surface area (TPSA) is 110 Å². The van der Waals surface area contributed by atoms with Crippen molar-refractivity contribution in [3.8, 4) is 0 Å². The molecule has 1 aliphatic heterocycles. The molecule has 0 amide bonds. The van der Waals surface area contributed by atoms with Crippen molar-refractivity contribution in [3.05, 3.63) is 11.7 Å². The van der Waals surface area contributed by atoms with Gasteiger partial charge in [0.1, 0.15) is 0 Å². The molecule has 1 aromatic rings. The van der Waals surface area contributed by atoms with Crippen molar-refractivity contribution in [2.45, 2.75) is 32.1 Å². The smallest absolute Gasteiger partial charge is 0.303 e. The van der Waals surface area contributed by atoms with E-state index in [9.17, 15) is 13.2 Å². The van der Waals surface area contributed by atoms with Crippen LogP contribution < -0.4 is 0 Å². The number of rotatable bonds is 5. The third-order valence-electron chi connectivity index (χ3n) is 3.13. The summed E-state index contributed by atoms with van der Waals surface area (Å²) >= 11 is 0. The van der Waals surface area contributed by atoms with Crippen LogP contribution in [0.15, 0.2) is 4.52 Å². The van der Waals surface area contributed by atoms with Crippen LogP contribution in [0.5, 0.6) is 0 Å². The van der Waals surface area contributed by atoms with E-state index in [2.05, 4.69) is 10.1 Å². The highest BCUT2D eigenvalue weighted by atomic mass is 32.2. The van der Waals surface area contributed by atoms with Crippen LogP contribution in [0.3, 0.4) is 0 Å². The number of hydrogen-bond acceptors (Lipinski definition) is 6. The molecule has 1 aromatic heterocycles. The third kappa shape index (κ3) is 3.76. The monoisotopic (exact) mass is 288 g/mol. The van der Waals surface area contributed by atoms with Crippen LogP contribution in [0.2, 0.25) is 0 Å². The zero-order chi connectivity index (χ0) is 14.0. The molecule has 0 aliphatic carbocycles. The molecule has 2 atom stereocenters. The second kappa shape index (κ2) is 5.28. The van der Waals surface area contributed by atoms with E-state index in [1.165, 1.54) is 0 Å². The number of aromatic nitrogens is 2. The highest BCUT2D eigenvalue weighted by molar-refractivity contribution is 7.91. The molecule has 19 heavy (non-hydrogen) atoms. The van der Waals surface area contributed by atoms with Gasteiger partial charge in [-0.05, 0) is 12.3 Å².